The van der Waals surface area contributed by atoms with Gasteiger partial charge in [-0.25, -0.2) is 0 Å². The number of rotatable bonds is 0. The van der Waals surface area contributed by atoms with Gasteiger partial charge in [0.05, 0.1) is 0 Å². The monoisotopic (exact) mass is 177 g/mol. The summed E-state index contributed by atoms with van der Waals surface area (Å²) in [6.07, 6.45) is 0.750. The van der Waals surface area contributed by atoms with E-state index in [0.29, 0.717) is 0 Å². The summed E-state index contributed by atoms with van der Waals surface area (Å²) in [7, 11) is -4.67. The van der Waals surface area contributed by atoms with Crippen LogP contribution in [0.5, 0.6) is 0 Å². The molecule has 7 nitrogen and oxygen atoms in total. The van der Waals surface area contributed by atoms with Crippen molar-refractivity contribution in [3.05, 3.63) is 0 Å². The molecule has 0 rings (SSSR count). The lowest BCUT2D eigenvalue weighted by Gasteiger charge is -1.68. The third kappa shape index (κ3) is 1070. The molecular weight excluding hydrogens is 166 g/mol. The average Bonchev–Trinajstić information content (AvgIpc) is 1.27. The van der Waals surface area contributed by atoms with Gasteiger partial charge < -0.3 is 16.4 Å². The second-order valence-electron chi connectivity index (χ2n) is 0.684. The maximum Gasteiger partial charge on any atom is 0.394 e. The smallest absolute Gasteiger partial charge is 0.394 e. The van der Waals surface area contributed by atoms with Gasteiger partial charge in [0.15, 0.2) is 0 Å². The molecule has 0 radical (unpaired) electrons. The number of carbonyl (C=O) groups excluding carboxylic acids is 1. The Bertz CT molecular complexity index is 130. The van der Waals surface area contributed by atoms with E-state index in [0.717, 1.165) is 6.29 Å². The van der Waals surface area contributed by atoms with Gasteiger partial charge in [0.25, 0.3) is 0 Å². The highest BCUT2D eigenvalue weighted by atomic mass is 32.3. The SMILES string of the molecule is CC=O.N.O.O=S(=O)(O)O. The van der Waals surface area contributed by atoms with Crippen LogP contribution in [-0.2, 0) is 15.2 Å². The van der Waals surface area contributed by atoms with Gasteiger partial charge in [0.1, 0.15) is 6.29 Å². The highest BCUT2D eigenvalue weighted by Crippen LogP contribution is 1.59. The molecule has 0 aliphatic heterocycles. The Kier molecular flexibility index (Phi) is 25.6. The maximum absolute atomic E-state index is 8.81. The number of hydrogen-bond acceptors (Lipinski definition) is 4. The third-order valence-corrected chi connectivity index (χ3v) is 0. The van der Waals surface area contributed by atoms with Crippen LogP contribution in [0, 0.1) is 0 Å². The molecule has 8 heteroatoms. The van der Waals surface area contributed by atoms with E-state index in [4.69, 9.17) is 22.3 Å². The Labute approximate surface area is 58.5 Å². The van der Waals surface area contributed by atoms with Crippen LogP contribution in [0.2, 0.25) is 0 Å². The fraction of sp³-hybridized carbons (Fsp3) is 0.500. The van der Waals surface area contributed by atoms with Crippen LogP contribution in [0.25, 0.3) is 0 Å². The quantitative estimate of drug-likeness (QED) is 0.314. The first-order chi connectivity index (χ1) is 3.41. The Morgan fingerprint density at radius 1 is 1.30 bits per heavy atom. The Morgan fingerprint density at radius 2 is 1.30 bits per heavy atom. The summed E-state index contributed by atoms with van der Waals surface area (Å²) in [5.41, 5.74) is 0. The highest BCUT2D eigenvalue weighted by Gasteiger charge is 1.84. The Balaban J connectivity index is -0.0000000326. The predicted octanol–water partition coefficient (Wildman–Crippen LogP) is -1.11. The van der Waals surface area contributed by atoms with Crippen molar-refractivity contribution in [1.82, 2.24) is 6.15 Å². The number of hydrogen-bond donors (Lipinski definition) is 3. The topological polar surface area (TPSA) is 158 Å². The van der Waals surface area contributed by atoms with E-state index < -0.39 is 10.4 Å². The number of carbonyl (C=O) groups is 1. The maximum atomic E-state index is 8.81. The van der Waals surface area contributed by atoms with Gasteiger partial charge in [-0.05, 0) is 6.92 Å². The van der Waals surface area contributed by atoms with Gasteiger partial charge in [-0.15, -0.1) is 0 Å². The zero-order valence-electron chi connectivity index (χ0n) is 5.31. The molecule has 10 heavy (non-hydrogen) atoms. The van der Waals surface area contributed by atoms with Crippen LogP contribution in [0.15, 0.2) is 0 Å². The van der Waals surface area contributed by atoms with Gasteiger partial charge in [-0.1, -0.05) is 0 Å². The molecule has 0 saturated heterocycles. The number of aldehydes is 1. The zero-order chi connectivity index (χ0) is 7.21. The molecule has 0 heterocycles. The largest absolute Gasteiger partial charge is 0.412 e. The summed E-state index contributed by atoms with van der Waals surface area (Å²) in [5.74, 6) is 0. The van der Waals surface area contributed by atoms with Crippen LogP contribution < -0.4 is 6.15 Å². The van der Waals surface area contributed by atoms with Crippen molar-refractivity contribution in [3.63, 3.8) is 0 Å². The molecule has 7 N–H and O–H groups in total. The van der Waals surface area contributed by atoms with Gasteiger partial charge in [-0.3, -0.25) is 9.11 Å². The van der Waals surface area contributed by atoms with Crippen LogP contribution in [0.4, 0.5) is 0 Å². The van der Waals surface area contributed by atoms with E-state index in [1.165, 1.54) is 6.92 Å². The van der Waals surface area contributed by atoms with Crippen molar-refractivity contribution < 1.29 is 27.8 Å². The lowest BCUT2D eigenvalue weighted by atomic mass is 11.0. The van der Waals surface area contributed by atoms with Crippen LogP contribution in [-0.4, -0.2) is 29.3 Å². The van der Waals surface area contributed by atoms with Gasteiger partial charge in [-0.2, -0.15) is 8.42 Å². The lowest BCUT2D eigenvalue weighted by molar-refractivity contribution is -0.106. The fourth-order valence-corrected chi connectivity index (χ4v) is 0. The summed E-state index contributed by atoms with van der Waals surface area (Å²) in [6, 6.07) is 0. The second kappa shape index (κ2) is 11.3. The lowest BCUT2D eigenvalue weighted by Crippen LogP contribution is -1.89. The predicted molar refractivity (Wildman–Crippen MR) is 34.6 cm³/mol. The van der Waals surface area contributed by atoms with E-state index in [1.54, 1.807) is 0 Å². The first-order valence-electron chi connectivity index (χ1n) is 1.51. The average molecular weight is 177 g/mol. The van der Waals surface area contributed by atoms with E-state index in [-0.39, 0.29) is 11.6 Å². The molecule has 0 aliphatic rings. The first-order valence-corrected chi connectivity index (χ1v) is 2.91. The van der Waals surface area contributed by atoms with Crippen molar-refractivity contribution in [2.45, 2.75) is 6.92 Å². The van der Waals surface area contributed by atoms with Crippen LogP contribution in [0.1, 0.15) is 6.92 Å². The molecule has 0 saturated carbocycles. The van der Waals surface area contributed by atoms with Crippen LogP contribution in [0.3, 0.4) is 0 Å². The zero-order valence-corrected chi connectivity index (χ0v) is 6.13. The molecule has 0 fully saturated rings. The Morgan fingerprint density at radius 3 is 1.30 bits per heavy atom. The van der Waals surface area contributed by atoms with Gasteiger partial charge in [0.2, 0.25) is 0 Å². The van der Waals surface area contributed by atoms with E-state index in [9.17, 15) is 0 Å². The molecule has 0 aliphatic carbocycles. The first kappa shape index (κ1) is 22.7. The van der Waals surface area contributed by atoms with Crippen molar-refractivity contribution in [2.24, 2.45) is 0 Å². The van der Waals surface area contributed by atoms with Gasteiger partial charge >= 0.3 is 10.4 Å². The minimum Gasteiger partial charge on any atom is -0.412 e. The molecule has 0 bridgehead atoms. The van der Waals surface area contributed by atoms with Crippen molar-refractivity contribution in [3.8, 4) is 0 Å². The third-order valence-electron chi connectivity index (χ3n) is 0. The molecule has 0 amide bonds. The summed E-state index contributed by atoms with van der Waals surface area (Å²) < 4.78 is 31.6. The highest BCUT2D eigenvalue weighted by molar-refractivity contribution is 7.79. The molecule has 0 aromatic heterocycles. The molecule has 66 valence electrons. The summed E-state index contributed by atoms with van der Waals surface area (Å²) >= 11 is 0. The van der Waals surface area contributed by atoms with Crippen molar-refractivity contribution in [2.75, 3.05) is 0 Å². The molecule has 0 spiro atoms. The van der Waals surface area contributed by atoms with E-state index in [1.807, 2.05) is 0 Å². The second-order valence-corrected chi connectivity index (χ2v) is 1.58. The minimum atomic E-state index is -4.67. The van der Waals surface area contributed by atoms with Gasteiger partial charge in [0, 0.05) is 0 Å². The molecule has 0 atom stereocenters. The minimum absolute atomic E-state index is 0. The summed E-state index contributed by atoms with van der Waals surface area (Å²) in [4.78, 5) is 8.81. The van der Waals surface area contributed by atoms with E-state index in [2.05, 4.69) is 0 Å². The Hall–Kier alpha value is -0.540. The summed E-state index contributed by atoms with van der Waals surface area (Å²) in [5, 5.41) is 0. The fourth-order valence-electron chi connectivity index (χ4n) is 0. The summed E-state index contributed by atoms with van der Waals surface area (Å²) in [6.45, 7) is 1.44. The molecule has 0 aromatic carbocycles. The van der Waals surface area contributed by atoms with Crippen LogP contribution >= 0.6 is 0 Å². The molecule has 0 aromatic rings. The molecular formula is C2H11NO6S. The van der Waals surface area contributed by atoms with E-state index >= 15 is 0 Å². The van der Waals surface area contributed by atoms with Crippen molar-refractivity contribution in [1.29, 1.82) is 0 Å². The van der Waals surface area contributed by atoms with Crippen molar-refractivity contribution >= 4 is 16.7 Å². The standard InChI is InChI=1S/C2H4O.H3N.H2O4S.H2O/c1-2-3;;1-5(2,3)4;/h2H,1H3;1H3;(H2,1,2,3,4);1H2. The normalized spacial score (nSPS) is 7.10. The molecule has 0 unspecified atom stereocenters.